The number of pyridine rings is 1. The number of rotatable bonds is 2. The maximum absolute atomic E-state index is 4.42. The van der Waals surface area contributed by atoms with Crippen molar-refractivity contribution in [3.63, 3.8) is 0 Å². The molecular formula is C17H27N. The summed E-state index contributed by atoms with van der Waals surface area (Å²) in [4.78, 5) is 4.42. The number of hydrogen-bond donors (Lipinski definition) is 0. The van der Waals surface area contributed by atoms with Gasteiger partial charge in [-0.15, -0.1) is 0 Å². The minimum atomic E-state index is 0.158. The first-order valence-corrected chi connectivity index (χ1v) is 6.63. The van der Waals surface area contributed by atoms with Gasteiger partial charge in [0.15, 0.2) is 0 Å². The second kappa shape index (κ2) is 7.15. The third-order valence-electron chi connectivity index (χ3n) is 2.64. The van der Waals surface area contributed by atoms with Gasteiger partial charge in [0.05, 0.1) is 5.69 Å². The molecule has 0 bridgehead atoms. The lowest BCUT2D eigenvalue weighted by atomic mass is 9.86. The van der Waals surface area contributed by atoms with Gasteiger partial charge < -0.3 is 0 Å². The monoisotopic (exact) mass is 245 g/mol. The van der Waals surface area contributed by atoms with Crippen LogP contribution in [0.1, 0.15) is 59.7 Å². The smallest absolute Gasteiger partial charge is 0.0704 e. The van der Waals surface area contributed by atoms with Crippen LogP contribution in [-0.2, 0) is 5.41 Å². The van der Waals surface area contributed by atoms with E-state index in [-0.39, 0.29) is 5.41 Å². The van der Waals surface area contributed by atoms with Crippen LogP contribution in [0.2, 0.25) is 0 Å². The number of allylic oxidation sites excluding steroid dienone is 3. The van der Waals surface area contributed by atoms with E-state index in [9.17, 15) is 0 Å². The van der Waals surface area contributed by atoms with Gasteiger partial charge in [0, 0.05) is 6.20 Å². The van der Waals surface area contributed by atoms with Crippen molar-refractivity contribution < 1.29 is 0 Å². The molecule has 1 heterocycles. The number of nitrogens with zero attached hydrogens (tertiary/aromatic N) is 1. The highest BCUT2D eigenvalue weighted by atomic mass is 14.7. The molecule has 1 nitrogen and oxygen atoms in total. The van der Waals surface area contributed by atoms with Gasteiger partial charge in [-0.1, -0.05) is 52.8 Å². The Balaban J connectivity index is 0.00000137. The molecule has 0 spiro atoms. The topological polar surface area (TPSA) is 12.9 Å². The lowest BCUT2D eigenvalue weighted by Crippen LogP contribution is -2.11. The summed E-state index contributed by atoms with van der Waals surface area (Å²) >= 11 is 0. The number of aromatic nitrogens is 1. The molecule has 1 heteroatoms. The average molecular weight is 245 g/mol. The van der Waals surface area contributed by atoms with Crippen molar-refractivity contribution >= 4 is 5.57 Å². The van der Waals surface area contributed by atoms with E-state index in [0.717, 1.165) is 11.3 Å². The van der Waals surface area contributed by atoms with Gasteiger partial charge >= 0.3 is 0 Å². The molecule has 1 rings (SSSR count). The van der Waals surface area contributed by atoms with Crippen LogP contribution in [0.3, 0.4) is 0 Å². The quantitative estimate of drug-likeness (QED) is 0.637. The summed E-state index contributed by atoms with van der Waals surface area (Å²) in [6.45, 7) is 18.7. The Kier molecular flexibility index (Phi) is 6.61. The van der Waals surface area contributed by atoms with Crippen LogP contribution in [-0.4, -0.2) is 4.98 Å². The van der Waals surface area contributed by atoms with E-state index < -0.39 is 0 Å². The fourth-order valence-corrected chi connectivity index (χ4v) is 1.61. The van der Waals surface area contributed by atoms with Gasteiger partial charge in [0.1, 0.15) is 0 Å². The minimum Gasteiger partial charge on any atom is -0.256 e. The van der Waals surface area contributed by atoms with Crippen LogP contribution < -0.4 is 0 Å². The lowest BCUT2D eigenvalue weighted by Gasteiger charge is -2.19. The molecule has 0 atom stereocenters. The van der Waals surface area contributed by atoms with E-state index in [0.29, 0.717) is 0 Å². The summed E-state index contributed by atoms with van der Waals surface area (Å²) in [5.74, 6) is 0. The van der Waals surface area contributed by atoms with E-state index in [1.54, 1.807) is 0 Å². The molecule has 1 aromatic rings. The SMILES string of the molecule is C=CC(=C(C)C)c1cc(C(C)(C)C)ccn1.CC. The molecule has 18 heavy (non-hydrogen) atoms. The molecule has 0 aliphatic heterocycles. The Bertz CT molecular complexity index is 415. The van der Waals surface area contributed by atoms with Gasteiger partial charge in [0.2, 0.25) is 0 Å². The van der Waals surface area contributed by atoms with Crippen LogP contribution in [0.4, 0.5) is 0 Å². The molecule has 0 aliphatic carbocycles. The number of hydrogen-bond acceptors (Lipinski definition) is 1. The molecule has 0 unspecified atom stereocenters. The molecule has 0 amide bonds. The maximum atomic E-state index is 4.42. The van der Waals surface area contributed by atoms with Crippen molar-refractivity contribution in [3.05, 3.63) is 47.8 Å². The summed E-state index contributed by atoms with van der Waals surface area (Å²) in [7, 11) is 0. The predicted molar refractivity (Wildman–Crippen MR) is 82.8 cm³/mol. The zero-order valence-electron chi connectivity index (χ0n) is 13.0. The zero-order valence-corrected chi connectivity index (χ0v) is 13.0. The van der Waals surface area contributed by atoms with Crippen LogP contribution >= 0.6 is 0 Å². The highest BCUT2D eigenvalue weighted by molar-refractivity contribution is 5.73. The first kappa shape index (κ1) is 16.6. The molecule has 0 fully saturated rings. The van der Waals surface area contributed by atoms with Crippen molar-refractivity contribution in [3.8, 4) is 0 Å². The van der Waals surface area contributed by atoms with Gasteiger partial charge in [-0.2, -0.15) is 0 Å². The van der Waals surface area contributed by atoms with E-state index in [4.69, 9.17) is 0 Å². The summed E-state index contributed by atoms with van der Waals surface area (Å²) in [6.07, 6.45) is 3.76. The van der Waals surface area contributed by atoms with Crippen LogP contribution in [0, 0.1) is 0 Å². The summed E-state index contributed by atoms with van der Waals surface area (Å²) < 4.78 is 0. The Morgan fingerprint density at radius 2 is 1.78 bits per heavy atom. The Morgan fingerprint density at radius 1 is 1.22 bits per heavy atom. The molecule has 0 saturated carbocycles. The van der Waals surface area contributed by atoms with Gasteiger partial charge in [0.25, 0.3) is 0 Å². The lowest BCUT2D eigenvalue weighted by molar-refractivity contribution is 0.589. The molecule has 0 aliphatic rings. The first-order chi connectivity index (χ1) is 8.36. The van der Waals surface area contributed by atoms with Gasteiger partial charge in [-0.05, 0) is 42.5 Å². The van der Waals surface area contributed by atoms with E-state index in [2.05, 4.69) is 58.3 Å². The summed E-state index contributed by atoms with van der Waals surface area (Å²) in [5.41, 5.74) is 4.85. The highest BCUT2D eigenvalue weighted by Crippen LogP contribution is 2.25. The van der Waals surface area contributed by atoms with Crippen molar-refractivity contribution in [1.82, 2.24) is 4.98 Å². The van der Waals surface area contributed by atoms with Gasteiger partial charge in [-0.25, -0.2) is 0 Å². The molecular weight excluding hydrogens is 218 g/mol. The standard InChI is InChI=1S/C15H21N.C2H6/c1-7-13(11(2)3)14-10-12(8-9-16-14)15(4,5)6;1-2/h7-10H,1H2,2-6H3;1-2H3. The maximum Gasteiger partial charge on any atom is 0.0704 e. The largest absolute Gasteiger partial charge is 0.256 e. The molecule has 0 N–H and O–H groups in total. The van der Waals surface area contributed by atoms with Crippen molar-refractivity contribution in [2.75, 3.05) is 0 Å². The Hall–Kier alpha value is -1.37. The second-order valence-corrected chi connectivity index (χ2v) is 5.30. The highest BCUT2D eigenvalue weighted by Gasteiger charge is 2.14. The van der Waals surface area contributed by atoms with E-state index >= 15 is 0 Å². The van der Waals surface area contributed by atoms with Crippen molar-refractivity contribution in [2.24, 2.45) is 0 Å². The zero-order chi connectivity index (χ0) is 14.3. The van der Waals surface area contributed by atoms with Crippen LogP contribution in [0.5, 0.6) is 0 Å². The fraction of sp³-hybridized carbons (Fsp3) is 0.471. The van der Waals surface area contributed by atoms with Crippen molar-refractivity contribution in [1.29, 1.82) is 0 Å². The Labute approximate surface area is 113 Å². The summed E-state index contributed by atoms with van der Waals surface area (Å²) in [5, 5.41) is 0. The third-order valence-corrected chi connectivity index (χ3v) is 2.64. The molecule has 0 aromatic carbocycles. The second-order valence-electron chi connectivity index (χ2n) is 5.30. The van der Waals surface area contributed by atoms with E-state index in [1.165, 1.54) is 11.1 Å². The van der Waals surface area contributed by atoms with Crippen molar-refractivity contribution in [2.45, 2.75) is 53.9 Å². The minimum absolute atomic E-state index is 0.158. The third kappa shape index (κ3) is 4.48. The molecule has 0 radical (unpaired) electrons. The predicted octanol–water partition coefficient (Wildman–Crippen LogP) is 5.38. The van der Waals surface area contributed by atoms with E-state index in [1.807, 2.05) is 26.1 Å². The molecule has 0 saturated heterocycles. The summed E-state index contributed by atoms with van der Waals surface area (Å²) in [6, 6.07) is 4.24. The van der Waals surface area contributed by atoms with Gasteiger partial charge in [-0.3, -0.25) is 4.98 Å². The van der Waals surface area contributed by atoms with Crippen LogP contribution in [0.15, 0.2) is 36.6 Å². The Morgan fingerprint density at radius 3 is 2.17 bits per heavy atom. The van der Waals surface area contributed by atoms with Crippen LogP contribution in [0.25, 0.3) is 5.57 Å². The molecule has 1 aromatic heterocycles. The molecule has 100 valence electrons. The first-order valence-electron chi connectivity index (χ1n) is 6.63. The normalized spacial score (nSPS) is 10.2. The average Bonchev–Trinajstić information content (AvgIpc) is 2.31. The fourth-order valence-electron chi connectivity index (χ4n) is 1.61.